The van der Waals surface area contributed by atoms with Crippen LogP contribution in [0.25, 0.3) is 34.2 Å². The highest BCUT2D eigenvalue weighted by Gasteiger charge is 2.29. The molecule has 0 saturated carbocycles. The molecule has 270 valence electrons. The molecule has 0 aliphatic carbocycles. The van der Waals surface area contributed by atoms with Crippen LogP contribution in [-0.4, -0.2) is 15.0 Å². The molecule has 2 aliphatic rings. The Hall–Kier alpha value is -4.33. The fourth-order valence-electron chi connectivity index (χ4n) is 6.99. The zero-order valence-electron chi connectivity index (χ0n) is 29.0. The summed E-state index contributed by atoms with van der Waals surface area (Å²) in [6.45, 7) is 0. The number of benzene rings is 7. The molecule has 1 aromatic heterocycles. The lowest BCUT2D eigenvalue weighted by Gasteiger charge is -2.33. The lowest BCUT2D eigenvalue weighted by atomic mass is 10.1. The van der Waals surface area contributed by atoms with Gasteiger partial charge in [0.05, 0.1) is 22.7 Å². The Labute approximate surface area is 377 Å². The molecule has 8 aromatic rings. The van der Waals surface area contributed by atoms with E-state index in [-0.39, 0.29) is 0 Å². The van der Waals surface area contributed by atoms with Gasteiger partial charge in [-0.1, -0.05) is 54.6 Å². The maximum Gasteiger partial charge on any atom is 0.164 e. The van der Waals surface area contributed by atoms with E-state index < -0.39 is 0 Å². The second-order valence-electron chi connectivity index (χ2n) is 13.1. The number of fused-ring (bicyclic) bond motifs is 4. The third-order valence-corrected chi connectivity index (χ3v) is 12.2. The molecule has 2 aliphatic heterocycles. The molecule has 11 heteroatoms. The van der Waals surface area contributed by atoms with E-state index in [0.717, 1.165) is 88.1 Å². The van der Waals surface area contributed by atoms with Gasteiger partial charge in [-0.2, -0.15) is 0 Å². The summed E-state index contributed by atoms with van der Waals surface area (Å²) in [6, 6.07) is 52.0. The molecular weight excluding hydrogens is 1150 g/mol. The van der Waals surface area contributed by atoms with Crippen molar-refractivity contribution in [1.82, 2.24) is 15.0 Å². The van der Waals surface area contributed by atoms with Crippen molar-refractivity contribution in [2.45, 2.75) is 0 Å². The minimum atomic E-state index is 0.575. The van der Waals surface area contributed by atoms with Gasteiger partial charge in [-0.25, -0.2) is 15.0 Å². The van der Waals surface area contributed by atoms with E-state index in [9.17, 15) is 0 Å². The van der Waals surface area contributed by atoms with E-state index in [2.05, 4.69) is 221 Å². The second-order valence-corrected chi connectivity index (χ2v) is 18.1. The first-order valence-corrected chi connectivity index (χ1v) is 21.8. The summed E-state index contributed by atoms with van der Waals surface area (Å²) in [5.74, 6) is 4.97. The summed E-state index contributed by atoms with van der Waals surface area (Å²) in [7, 11) is 0. The van der Waals surface area contributed by atoms with Crippen LogP contribution in [0.1, 0.15) is 0 Å². The number of rotatable bonds is 5. The first-order chi connectivity index (χ1) is 27.3. The number of ether oxygens (including phenoxy) is 2. The van der Waals surface area contributed by atoms with E-state index in [0.29, 0.717) is 17.5 Å². The molecule has 0 N–H and O–H groups in total. The van der Waals surface area contributed by atoms with Crippen molar-refractivity contribution in [2.24, 2.45) is 0 Å². The predicted molar refractivity (Wildman–Crippen MR) is 257 cm³/mol. The van der Waals surface area contributed by atoms with Crippen molar-refractivity contribution in [1.29, 1.82) is 0 Å². The number of aromatic nitrogens is 3. The number of hydrogen-bond acceptors (Lipinski definition) is 7. The molecule has 7 aromatic carbocycles. The van der Waals surface area contributed by atoms with E-state index in [1.807, 2.05) is 30.3 Å². The monoisotopic (exact) mass is 1170 g/mol. The first-order valence-electron chi connectivity index (χ1n) is 17.5. The molecule has 0 saturated heterocycles. The smallest absolute Gasteiger partial charge is 0.164 e. The predicted octanol–water partition coefficient (Wildman–Crippen LogP) is 14.4. The lowest BCUT2D eigenvalue weighted by molar-refractivity contribution is 0.476. The normalized spacial score (nSPS) is 12.5. The summed E-state index contributed by atoms with van der Waals surface area (Å²) in [6.07, 6.45) is 0. The highest BCUT2D eigenvalue weighted by molar-refractivity contribution is 14.1. The number of halogens is 4. The molecule has 0 radical (unpaired) electrons. The lowest BCUT2D eigenvalue weighted by Crippen LogP contribution is -2.16. The zero-order valence-corrected chi connectivity index (χ0v) is 37.6. The highest BCUT2D eigenvalue weighted by atomic mass is 127. The number of nitrogens with zero attached hydrogens (tertiary/aromatic N) is 5. The van der Waals surface area contributed by atoms with Gasteiger partial charge in [-0.3, -0.25) is 0 Å². The molecule has 0 unspecified atom stereocenters. The summed E-state index contributed by atoms with van der Waals surface area (Å²) >= 11 is 9.31. The molecule has 7 nitrogen and oxygen atoms in total. The summed E-state index contributed by atoms with van der Waals surface area (Å²) in [5.41, 5.74) is 8.43. The van der Waals surface area contributed by atoms with Crippen molar-refractivity contribution in [2.75, 3.05) is 9.80 Å². The minimum Gasteiger partial charge on any atom is -0.453 e. The van der Waals surface area contributed by atoms with Gasteiger partial charge in [-0.05, 0) is 187 Å². The quantitative estimate of drug-likeness (QED) is 0.159. The summed E-state index contributed by atoms with van der Waals surface area (Å²) in [5, 5.41) is 0. The first kappa shape index (κ1) is 36.0. The Morgan fingerprint density at radius 3 is 1.05 bits per heavy atom. The van der Waals surface area contributed by atoms with Gasteiger partial charge in [0.15, 0.2) is 40.5 Å². The van der Waals surface area contributed by atoms with Crippen molar-refractivity contribution < 1.29 is 9.47 Å². The molecule has 0 atom stereocenters. The van der Waals surface area contributed by atoms with Crippen LogP contribution in [-0.2, 0) is 0 Å². The molecule has 0 amide bonds. The van der Waals surface area contributed by atoms with Crippen molar-refractivity contribution in [3.05, 3.63) is 166 Å². The van der Waals surface area contributed by atoms with Crippen molar-refractivity contribution in [3.63, 3.8) is 0 Å². The molecule has 0 bridgehead atoms. The van der Waals surface area contributed by atoms with Crippen LogP contribution in [0.2, 0.25) is 0 Å². The van der Waals surface area contributed by atoms with Crippen LogP contribution in [0.3, 0.4) is 0 Å². The molecule has 56 heavy (non-hydrogen) atoms. The van der Waals surface area contributed by atoms with Gasteiger partial charge >= 0.3 is 0 Å². The van der Waals surface area contributed by atoms with Gasteiger partial charge < -0.3 is 19.3 Å². The van der Waals surface area contributed by atoms with E-state index >= 15 is 0 Å². The fourth-order valence-corrected chi connectivity index (χ4v) is 8.84. The Balaban J connectivity index is 1.11. The highest BCUT2D eigenvalue weighted by Crippen LogP contribution is 2.53. The van der Waals surface area contributed by atoms with E-state index in [1.165, 1.54) is 0 Å². The van der Waals surface area contributed by atoms with Crippen LogP contribution >= 0.6 is 90.4 Å². The SMILES string of the molecule is Ic1ccc2c(c1)Oc1cc(I)ccc1N2c1cccc(-c2nc(-c3ccccc3)nc(-c3cccc(N4c5ccc(I)cc5Oc5cc(I)ccc54)c3)n2)c1. The van der Waals surface area contributed by atoms with E-state index in [1.54, 1.807) is 0 Å². The largest absolute Gasteiger partial charge is 0.453 e. The van der Waals surface area contributed by atoms with Crippen molar-refractivity contribution >= 4 is 124 Å². The Kier molecular flexibility index (Phi) is 9.57. The van der Waals surface area contributed by atoms with Crippen LogP contribution in [0.4, 0.5) is 34.1 Å². The molecule has 0 fully saturated rings. The maximum atomic E-state index is 6.44. The van der Waals surface area contributed by atoms with Gasteiger partial charge in [0.25, 0.3) is 0 Å². The fraction of sp³-hybridized carbons (Fsp3) is 0. The third kappa shape index (κ3) is 6.79. The van der Waals surface area contributed by atoms with Gasteiger partial charge in [-0.15, -0.1) is 0 Å². The topological polar surface area (TPSA) is 63.6 Å². The summed E-state index contributed by atoms with van der Waals surface area (Å²) < 4.78 is 17.3. The van der Waals surface area contributed by atoms with Gasteiger partial charge in [0, 0.05) is 42.3 Å². The second kappa shape index (κ2) is 14.9. The average Bonchev–Trinajstić information content (AvgIpc) is 3.22. The Bertz CT molecular complexity index is 2580. The zero-order chi connectivity index (χ0) is 37.9. The van der Waals surface area contributed by atoms with Crippen LogP contribution in [0.5, 0.6) is 23.0 Å². The Morgan fingerprint density at radius 1 is 0.339 bits per heavy atom. The molecule has 10 rings (SSSR count). The standard InChI is InChI=1S/C45H25I4N5O2/c46-29-12-16-35-39(22-29)55-40-23-30(47)13-17-36(40)53(35)33-10-4-8-27(20-33)44-50-43(26-6-2-1-3-7-26)51-45(52-44)28-9-5-11-34(21-28)54-37-18-14-31(48)24-41(37)56-42-25-32(49)15-19-38(42)54/h1-25H. The number of hydrogen-bond donors (Lipinski definition) is 0. The van der Waals surface area contributed by atoms with Gasteiger partial charge in [0.1, 0.15) is 0 Å². The molecular formula is C45H25I4N5O2. The van der Waals surface area contributed by atoms with Crippen molar-refractivity contribution in [3.8, 4) is 57.2 Å². The van der Waals surface area contributed by atoms with Crippen LogP contribution < -0.4 is 19.3 Å². The Morgan fingerprint density at radius 2 is 0.679 bits per heavy atom. The average molecular weight is 1180 g/mol. The number of anilines is 6. The molecule has 0 spiro atoms. The minimum absolute atomic E-state index is 0.575. The maximum absolute atomic E-state index is 6.44. The van der Waals surface area contributed by atoms with Crippen LogP contribution in [0, 0.1) is 14.3 Å². The van der Waals surface area contributed by atoms with Crippen LogP contribution in [0.15, 0.2) is 152 Å². The summed E-state index contributed by atoms with van der Waals surface area (Å²) in [4.78, 5) is 19.9. The van der Waals surface area contributed by atoms with E-state index in [4.69, 9.17) is 24.4 Å². The third-order valence-electron chi connectivity index (χ3n) is 9.48. The van der Waals surface area contributed by atoms with Gasteiger partial charge in [0.2, 0.25) is 0 Å². The molecule has 3 heterocycles.